The average molecular weight is 295 g/mol. The number of nitrogens with zero attached hydrogens (tertiary/aromatic N) is 1. The standard InChI is InChI=1S/C17H29NO3/c1-2-21-15-14-18-12-10-17(20,11-13-18)9-8-16(19)6-4-3-5-7-16/h19-20H,2-7,10-15H2,1H3. The van der Waals surface area contributed by atoms with Gasteiger partial charge in [0.05, 0.1) is 6.61 Å². The summed E-state index contributed by atoms with van der Waals surface area (Å²) in [5.41, 5.74) is -1.78. The number of aliphatic hydroxyl groups is 2. The van der Waals surface area contributed by atoms with Crippen LogP contribution in [0.4, 0.5) is 0 Å². The van der Waals surface area contributed by atoms with Crippen molar-refractivity contribution < 1.29 is 14.9 Å². The molecule has 0 aromatic carbocycles. The summed E-state index contributed by atoms with van der Waals surface area (Å²) in [7, 11) is 0. The Balaban J connectivity index is 1.82. The van der Waals surface area contributed by atoms with Gasteiger partial charge in [-0.15, -0.1) is 0 Å². The topological polar surface area (TPSA) is 52.9 Å². The molecule has 2 N–H and O–H groups in total. The maximum Gasteiger partial charge on any atom is 0.128 e. The van der Waals surface area contributed by atoms with Crippen LogP contribution in [0.15, 0.2) is 0 Å². The summed E-state index contributed by atoms with van der Waals surface area (Å²) in [5.74, 6) is 5.98. The highest BCUT2D eigenvalue weighted by Gasteiger charge is 2.32. The van der Waals surface area contributed by atoms with E-state index >= 15 is 0 Å². The summed E-state index contributed by atoms with van der Waals surface area (Å²) in [6.45, 7) is 6.11. The number of hydrogen-bond acceptors (Lipinski definition) is 4. The van der Waals surface area contributed by atoms with E-state index in [2.05, 4.69) is 16.7 Å². The van der Waals surface area contributed by atoms with Gasteiger partial charge in [0.25, 0.3) is 0 Å². The maximum atomic E-state index is 10.6. The Morgan fingerprint density at radius 1 is 0.952 bits per heavy atom. The molecule has 2 aliphatic rings. The van der Waals surface area contributed by atoms with Gasteiger partial charge in [0, 0.05) is 39.1 Å². The van der Waals surface area contributed by atoms with Gasteiger partial charge in [-0.1, -0.05) is 18.3 Å². The first-order valence-corrected chi connectivity index (χ1v) is 8.34. The highest BCUT2D eigenvalue weighted by Crippen LogP contribution is 2.28. The van der Waals surface area contributed by atoms with Crippen LogP contribution < -0.4 is 0 Å². The molecule has 0 radical (unpaired) electrons. The molecule has 2 fully saturated rings. The van der Waals surface area contributed by atoms with E-state index in [1.807, 2.05) is 6.92 Å². The van der Waals surface area contributed by atoms with Gasteiger partial charge in [-0.2, -0.15) is 0 Å². The molecule has 0 aromatic rings. The third-order valence-electron chi connectivity index (χ3n) is 4.65. The molecule has 0 unspecified atom stereocenters. The molecular formula is C17H29NO3. The van der Waals surface area contributed by atoms with Crippen molar-refractivity contribution in [1.82, 2.24) is 4.90 Å². The lowest BCUT2D eigenvalue weighted by Crippen LogP contribution is -2.45. The van der Waals surface area contributed by atoms with Crippen LogP contribution in [0.1, 0.15) is 51.9 Å². The van der Waals surface area contributed by atoms with Gasteiger partial charge in [0.1, 0.15) is 11.2 Å². The average Bonchev–Trinajstić information content (AvgIpc) is 2.49. The van der Waals surface area contributed by atoms with E-state index in [1.165, 1.54) is 6.42 Å². The van der Waals surface area contributed by atoms with Gasteiger partial charge in [-0.25, -0.2) is 0 Å². The molecule has 0 amide bonds. The van der Waals surface area contributed by atoms with Crippen LogP contribution in [-0.4, -0.2) is 59.2 Å². The normalized spacial score (nSPS) is 25.1. The van der Waals surface area contributed by atoms with Crippen molar-refractivity contribution in [1.29, 1.82) is 0 Å². The van der Waals surface area contributed by atoms with Crippen LogP contribution in [-0.2, 0) is 4.74 Å². The Hall–Kier alpha value is -0.600. The van der Waals surface area contributed by atoms with Gasteiger partial charge in [-0.05, 0) is 32.6 Å². The lowest BCUT2D eigenvalue weighted by Gasteiger charge is -2.35. The molecule has 1 aliphatic carbocycles. The van der Waals surface area contributed by atoms with E-state index in [0.717, 1.165) is 58.5 Å². The van der Waals surface area contributed by atoms with Crippen molar-refractivity contribution in [2.24, 2.45) is 0 Å². The second kappa shape index (κ2) is 7.60. The minimum absolute atomic E-state index is 0.655. The Morgan fingerprint density at radius 3 is 2.10 bits per heavy atom. The first kappa shape index (κ1) is 16.8. The van der Waals surface area contributed by atoms with E-state index in [1.54, 1.807) is 0 Å². The Morgan fingerprint density at radius 2 is 1.52 bits per heavy atom. The molecule has 0 bridgehead atoms. The molecule has 120 valence electrons. The molecule has 1 saturated carbocycles. The van der Waals surface area contributed by atoms with Crippen LogP contribution in [0.3, 0.4) is 0 Å². The largest absolute Gasteiger partial charge is 0.380 e. The van der Waals surface area contributed by atoms with Crippen molar-refractivity contribution in [2.45, 2.75) is 63.1 Å². The van der Waals surface area contributed by atoms with E-state index in [4.69, 9.17) is 4.74 Å². The second-order valence-electron chi connectivity index (χ2n) is 6.41. The number of ether oxygens (including phenoxy) is 1. The molecule has 1 saturated heterocycles. The molecule has 4 heteroatoms. The van der Waals surface area contributed by atoms with Crippen LogP contribution in [0, 0.1) is 11.8 Å². The number of piperidine rings is 1. The summed E-state index contributed by atoms with van der Waals surface area (Å²) in [4.78, 5) is 2.31. The second-order valence-corrected chi connectivity index (χ2v) is 6.41. The summed E-state index contributed by atoms with van der Waals surface area (Å²) in [5, 5.41) is 21.0. The predicted molar refractivity (Wildman–Crippen MR) is 82.9 cm³/mol. The highest BCUT2D eigenvalue weighted by molar-refractivity contribution is 5.22. The Kier molecular flexibility index (Phi) is 6.07. The van der Waals surface area contributed by atoms with Gasteiger partial charge >= 0.3 is 0 Å². The van der Waals surface area contributed by atoms with Crippen LogP contribution in [0.2, 0.25) is 0 Å². The molecule has 2 rings (SSSR count). The van der Waals surface area contributed by atoms with E-state index in [0.29, 0.717) is 12.8 Å². The molecule has 0 aromatic heterocycles. The maximum absolute atomic E-state index is 10.6. The SMILES string of the molecule is CCOCCN1CCC(O)(C#CC2(O)CCCCC2)CC1. The molecule has 1 aliphatic heterocycles. The third kappa shape index (κ3) is 5.27. The highest BCUT2D eigenvalue weighted by atomic mass is 16.5. The van der Waals surface area contributed by atoms with Crippen molar-refractivity contribution >= 4 is 0 Å². The molecule has 21 heavy (non-hydrogen) atoms. The van der Waals surface area contributed by atoms with Crippen LogP contribution in [0.25, 0.3) is 0 Å². The Labute approximate surface area is 128 Å². The Bertz CT molecular complexity index is 371. The van der Waals surface area contributed by atoms with Gasteiger partial charge in [0.15, 0.2) is 0 Å². The van der Waals surface area contributed by atoms with Crippen molar-refractivity contribution in [2.75, 3.05) is 32.8 Å². The van der Waals surface area contributed by atoms with Crippen LogP contribution in [0.5, 0.6) is 0 Å². The lowest BCUT2D eigenvalue weighted by molar-refractivity contribution is 0.0149. The predicted octanol–water partition coefficient (Wildman–Crippen LogP) is 1.55. The minimum atomic E-state index is -0.921. The molecule has 0 spiro atoms. The number of rotatable bonds is 4. The van der Waals surface area contributed by atoms with E-state index in [9.17, 15) is 10.2 Å². The zero-order chi connectivity index (χ0) is 15.2. The zero-order valence-corrected chi connectivity index (χ0v) is 13.2. The fourth-order valence-electron chi connectivity index (χ4n) is 3.10. The number of hydrogen-bond donors (Lipinski definition) is 2. The number of likely N-dealkylation sites (tertiary alicyclic amines) is 1. The molecule has 4 nitrogen and oxygen atoms in total. The zero-order valence-electron chi connectivity index (χ0n) is 13.2. The molecular weight excluding hydrogens is 266 g/mol. The summed E-state index contributed by atoms with van der Waals surface area (Å²) in [6.07, 6.45) is 6.06. The lowest BCUT2D eigenvalue weighted by atomic mass is 9.84. The van der Waals surface area contributed by atoms with Crippen molar-refractivity contribution in [3.8, 4) is 11.8 Å². The monoisotopic (exact) mass is 295 g/mol. The van der Waals surface area contributed by atoms with E-state index < -0.39 is 11.2 Å². The van der Waals surface area contributed by atoms with Crippen LogP contribution >= 0.6 is 0 Å². The molecule has 0 atom stereocenters. The fraction of sp³-hybridized carbons (Fsp3) is 0.882. The van der Waals surface area contributed by atoms with Crippen molar-refractivity contribution in [3.05, 3.63) is 0 Å². The summed E-state index contributed by atoms with van der Waals surface area (Å²) in [6, 6.07) is 0. The van der Waals surface area contributed by atoms with Gasteiger partial charge < -0.3 is 19.8 Å². The first-order chi connectivity index (χ1) is 10.1. The minimum Gasteiger partial charge on any atom is -0.380 e. The summed E-state index contributed by atoms with van der Waals surface area (Å²) >= 11 is 0. The smallest absolute Gasteiger partial charge is 0.128 e. The van der Waals surface area contributed by atoms with Gasteiger partial charge in [0.2, 0.25) is 0 Å². The molecule has 1 heterocycles. The summed E-state index contributed by atoms with van der Waals surface area (Å²) < 4.78 is 5.36. The fourth-order valence-corrected chi connectivity index (χ4v) is 3.10. The van der Waals surface area contributed by atoms with Gasteiger partial charge in [-0.3, -0.25) is 0 Å². The third-order valence-corrected chi connectivity index (χ3v) is 4.65. The first-order valence-electron chi connectivity index (χ1n) is 8.34. The van der Waals surface area contributed by atoms with Crippen molar-refractivity contribution in [3.63, 3.8) is 0 Å². The van der Waals surface area contributed by atoms with E-state index in [-0.39, 0.29) is 0 Å². The quantitative estimate of drug-likeness (QED) is 0.610.